The number of aromatic nitrogens is 3. The topological polar surface area (TPSA) is 99.8 Å². The van der Waals surface area contributed by atoms with Gasteiger partial charge in [0, 0.05) is 12.1 Å². The Bertz CT molecular complexity index is 941. The van der Waals surface area contributed by atoms with Gasteiger partial charge in [0.1, 0.15) is 5.25 Å². The van der Waals surface area contributed by atoms with Crippen LogP contribution in [0.25, 0.3) is 11.4 Å². The quantitative estimate of drug-likeness (QED) is 0.555. The highest BCUT2D eigenvalue weighted by atomic mass is 32.2. The number of urea groups is 1. The van der Waals surface area contributed by atoms with Gasteiger partial charge in [0.25, 0.3) is 0 Å². The Labute approximate surface area is 167 Å². The molecule has 0 bridgehead atoms. The summed E-state index contributed by atoms with van der Waals surface area (Å²) in [6.07, 6.45) is 0. The van der Waals surface area contributed by atoms with Crippen molar-refractivity contribution in [3.05, 3.63) is 65.7 Å². The van der Waals surface area contributed by atoms with Gasteiger partial charge in [-0.15, -0.1) is 5.10 Å². The Morgan fingerprint density at radius 3 is 2.50 bits per heavy atom. The highest BCUT2D eigenvalue weighted by molar-refractivity contribution is 8.00. The SMILES string of the molecule is CCNC(=O)NC(=O)[C@@H](Sc1n[nH]c(-c2ccc(C)cc2)n1)c1ccccc1. The summed E-state index contributed by atoms with van der Waals surface area (Å²) < 4.78 is 0. The summed E-state index contributed by atoms with van der Waals surface area (Å²) in [6, 6.07) is 16.6. The number of rotatable bonds is 6. The summed E-state index contributed by atoms with van der Waals surface area (Å²) in [5.74, 6) is 0.197. The van der Waals surface area contributed by atoms with Crippen LogP contribution in [-0.2, 0) is 4.79 Å². The van der Waals surface area contributed by atoms with Gasteiger partial charge in [-0.25, -0.2) is 9.78 Å². The molecule has 1 heterocycles. The van der Waals surface area contributed by atoms with Gasteiger partial charge in [-0.05, 0) is 19.4 Å². The Kier molecular flexibility index (Phi) is 6.44. The molecule has 0 radical (unpaired) electrons. The largest absolute Gasteiger partial charge is 0.338 e. The monoisotopic (exact) mass is 395 g/mol. The summed E-state index contributed by atoms with van der Waals surface area (Å²) in [5.41, 5.74) is 2.83. The Hall–Kier alpha value is -3.13. The van der Waals surface area contributed by atoms with Crippen molar-refractivity contribution in [3.63, 3.8) is 0 Å². The molecule has 0 saturated carbocycles. The fraction of sp³-hybridized carbons (Fsp3) is 0.200. The van der Waals surface area contributed by atoms with E-state index in [2.05, 4.69) is 25.8 Å². The van der Waals surface area contributed by atoms with Gasteiger partial charge in [-0.1, -0.05) is 71.9 Å². The molecule has 0 aliphatic heterocycles. The Morgan fingerprint density at radius 1 is 1.11 bits per heavy atom. The number of thioether (sulfide) groups is 1. The van der Waals surface area contributed by atoms with E-state index < -0.39 is 17.2 Å². The number of amides is 3. The molecular formula is C20H21N5O2S. The number of hydrogen-bond donors (Lipinski definition) is 3. The fourth-order valence-corrected chi connectivity index (χ4v) is 3.44. The van der Waals surface area contributed by atoms with E-state index in [4.69, 9.17) is 0 Å². The van der Waals surface area contributed by atoms with Crippen molar-refractivity contribution >= 4 is 23.7 Å². The van der Waals surface area contributed by atoms with Gasteiger partial charge in [-0.3, -0.25) is 15.2 Å². The first-order valence-corrected chi connectivity index (χ1v) is 9.74. The Balaban J connectivity index is 1.81. The molecule has 1 aromatic heterocycles. The summed E-state index contributed by atoms with van der Waals surface area (Å²) >= 11 is 1.18. The molecule has 144 valence electrons. The van der Waals surface area contributed by atoms with Crippen LogP contribution < -0.4 is 10.6 Å². The number of aromatic amines is 1. The van der Waals surface area contributed by atoms with E-state index in [0.717, 1.165) is 16.7 Å². The summed E-state index contributed by atoms with van der Waals surface area (Å²) in [4.78, 5) is 28.9. The van der Waals surface area contributed by atoms with E-state index in [0.29, 0.717) is 17.5 Å². The predicted octanol–water partition coefficient (Wildman–Crippen LogP) is 3.46. The van der Waals surface area contributed by atoms with E-state index in [1.165, 1.54) is 11.8 Å². The molecule has 3 aromatic rings. The first-order chi connectivity index (χ1) is 13.6. The zero-order valence-electron chi connectivity index (χ0n) is 15.6. The lowest BCUT2D eigenvalue weighted by Crippen LogP contribution is -2.41. The highest BCUT2D eigenvalue weighted by Gasteiger charge is 2.25. The number of imide groups is 1. The molecule has 3 rings (SSSR count). The van der Waals surface area contributed by atoms with Crippen LogP contribution in [0.3, 0.4) is 0 Å². The summed E-state index contributed by atoms with van der Waals surface area (Å²) in [5, 5.41) is 11.8. The first-order valence-electron chi connectivity index (χ1n) is 8.86. The second-order valence-corrected chi connectivity index (χ2v) is 7.16. The van der Waals surface area contributed by atoms with E-state index in [-0.39, 0.29) is 0 Å². The van der Waals surface area contributed by atoms with E-state index in [9.17, 15) is 9.59 Å². The minimum absolute atomic E-state index is 0.426. The minimum atomic E-state index is -0.662. The predicted molar refractivity (Wildman–Crippen MR) is 109 cm³/mol. The molecule has 3 amide bonds. The number of nitrogens with one attached hydrogen (secondary N) is 3. The maximum absolute atomic E-state index is 12.7. The molecular weight excluding hydrogens is 374 g/mol. The number of H-pyrrole nitrogens is 1. The van der Waals surface area contributed by atoms with Crippen LogP contribution in [0.15, 0.2) is 59.8 Å². The van der Waals surface area contributed by atoms with E-state index in [1.807, 2.05) is 61.5 Å². The van der Waals surface area contributed by atoms with Crippen molar-refractivity contribution in [1.82, 2.24) is 25.8 Å². The van der Waals surface area contributed by atoms with Crippen molar-refractivity contribution in [2.75, 3.05) is 6.54 Å². The number of nitrogens with zero attached hydrogens (tertiary/aromatic N) is 2. The average Bonchev–Trinajstić information content (AvgIpc) is 3.16. The standard InChI is InChI=1S/C20H21N5O2S/c1-3-21-19(27)23-18(26)16(14-7-5-4-6-8-14)28-20-22-17(24-25-20)15-11-9-13(2)10-12-15/h4-12,16H,3H2,1-2H3,(H,22,24,25)(H2,21,23,26,27)/t16-/m0/s1. The van der Waals surface area contributed by atoms with Gasteiger partial charge in [0.2, 0.25) is 11.1 Å². The van der Waals surface area contributed by atoms with Crippen LogP contribution in [0.5, 0.6) is 0 Å². The molecule has 0 aliphatic carbocycles. The van der Waals surface area contributed by atoms with Crippen molar-refractivity contribution in [3.8, 4) is 11.4 Å². The molecule has 0 unspecified atom stereocenters. The highest BCUT2D eigenvalue weighted by Crippen LogP contribution is 2.34. The molecule has 2 aromatic carbocycles. The van der Waals surface area contributed by atoms with Crippen molar-refractivity contribution in [2.24, 2.45) is 0 Å². The smallest absolute Gasteiger partial charge is 0.321 e. The average molecular weight is 395 g/mol. The minimum Gasteiger partial charge on any atom is -0.338 e. The second kappa shape index (κ2) is 9.18. The van der Waals surface area contributed by atoms with Crippen LogP contribution in [0.4, 0.5) is 4.79 Å². The maximum Gasteiger partial charge on any atom is 0.321 e. The van der Waals surface area contributed by atoms with Crippen LogP contribution in [-0.4, -0.2) is 33.7 Å². The zero-order chi connectivity index (χ0) is 19.9. The molecule has 7 nitrogen and oxygen atoms in total. The number of aryl methyl sites for hydroxylation is 1. The lowest BCUT2D eigenvalue weighted by Gasteiger charge is -2.14. The van der Waals surface area contributed by atoms with Gasteiger partial charge in [-0.2, -0.15) is 0 Å². The molecule has 0 spiro atoms. The lowest BCUT2D eigenvalue weighted by molar-refractivity contribution is -0.119. The number of carbonyl (C=O) groups is 2. The Morgan fingerprint density at radius 2 is 1.82 bits per heavy atom. The van der Waals surface area contributed by atoms with Crippen LogP contribution in [0.2, 0.25) is 0 Å². The molecule has 0 saturated heterocycles. The summed E-state index contributed by atoms with van der Waals surface area (Å²) in [6.45, 7) is 4.24. The third kappa shape index (κ3) is 4.98. The third-order valence-electron chi connectivity index (χ3n) is 3.93. The zero-order valence-corrected chi connectivity index (χ0v) is 16.4. The first kappa shape index (κ1) is 19.6. The normalized spacial score (nSPS) is 11.6. The van der Waals surface area contributed by atoms with Gasteiger partial charge >= 0.3 is 6.03 Å². The number of benzene rings is 2. The van der Waals surface area contributed by atoms with E-state index >= 15 is 0 Å². The number of carbonyl (C=O) groups excluding carboxylic acids is 2. The molecule has 0 fully saturated rings. The van der Waals surface area contributed by atoms with Crippen molar-refractivity contribution < 1.29 is 9.59 Å². The lowest BCUT2D eigenvalue weighted by atomic mass is 10.1. The fourth-order valence-electron chi connectivity index (χ4n) is 2.53. The van der Waals surface area contributed by atoms with Gasteiger partial charge in [0.15, 0.2) is 5.82 Å². The molecule has 8 heteroatoms. The molecule has 3 N–H and O–H groups in total. The third-order valence-corrected chi connectivity index (χ3v) is 5.04. The van der Waals surface area contributed by atoms with Crippen LogP contribution in [0, 0.1) is 6.92 Å². The summed E-state index contributed by atoms with van der Waals surface area (Å²) in [7, 11) is 0. The van der Waals surface area contributed by atoms with Crippen LogP contribution >= 0.6 is 11.8 Å². The molecule has 1 atom stereocenters. The van der Waals surface area contributed by atoms with Gasteiger partial charge < -0.3 is 5.32 Å². The maximum atomic E-state index is 12.7. The van der Waals surface area contributed by atoms with Crippen molar-refractivity contribution in [2.45, 2.75) is 24.3 Å². The number of hydrogen-bond acceptors (Lipinski definition) is 5. The van der Waals surface area contributed by atoms with E-state index in [1.54, 1.807) is 6.92 Å². The van der Waals surface area contributed by atoms with Crippen molar-refractivity contribution in [1.29, 1.82) is 0 Å². The second-order valence-electron chi connectivity index (χ2n) is 6.09. The molecule has 0 aliphatic rings. The van der Waals surface area contributed by atoms with Gasteiger partial charge in [0.05, 0.1) is 0 Å². The molecule has 28 heavy (non-hydrogen) atoms. The van der Waals surface area contributed by atoms with Crippen LogP contribution in [0.1, 0.15) is 23.3 Å².